The van der Waals surface area contributed by atoms with Gasteiger partial charge in [-0.1, -0.05) is 6.07 Å². The number of ether oxygens (including phenoxy) is 1. The molecule has 1 N–H and O–H groups in total. The molecule has 1 aliphatic rings. The van der Waals surface area contributed by atoms with Crippen molar-refractivity contribution in [3.05, 3.63) is 29.6 Å². The minimum absolute atomic E-state index is 0.123. The number of halogens is 1. The first-order valence-corrected chi connectivity index (χ1v) is 6.29. The summed E-state index contributed by atoms with van der Waals surface area (Å²) in [6.45, 7) is 0.727. The molecule has 0 spiro atoms. The van der Waals surface area contributed by atoms with Crippen molar-refractivity contribution in [1.29, 1.82) is 0 Å². The van der Waals surface area contributed by atoms with E-state index >= 15 is 0 Å². The smallest absolute Gasteiger partial charge is 0.325 e. The van der Waals surface area contributed by atoms with Crippen molar-refractivity contribution < 1.29 is 19.0 Å². The monoisotopic (exact) mass is 267 g/mol. The second-order valence-electron chi connectivity index (χ2n) is 5.02. The number of carboxylic acid groups (broad SMARTS) is 1. The zero-order valence-electron chi connectivity index (χ0n) is 11.1. The number of likely N-dealkylation sites (N-methyl/N-ethyl adjacent to an activating group) is 1. The molecule has 19 heavy (non-hydrogen) atoms. The molecule has 0 saturated heterocycles. The molecule has 0 heterocycles. The highest BCUT2D eigenvalue weighted by Gasteiger charge is 2.30. The Labute approximate surface area is 111 Å². The number of aliphatic carboxylic acids is 1. The lowest BCUT2D eigenvalue weighted by atomic mass is 10.0. The van der Waals surface area contributed by atoms with E-state index in [4.69, 9.17) is 4.74 Å². The van der Waals surface area contributed by atoms with E-state index < -0.39 is 17.8 Å². The lowest BCUT2D eigenvalue weighted by Crippen LogP contribution is -2.32. The van der Waals surface area contributed by atoms with Gasteiger partial charge in [-0.3, -0.25) is 9.69 Å². The fourth-order valence-corrected chi connectivity index (χ4v) is 2.25. The van der Waals surface area contributed by atoms with Crippen LogP contribution in [0.4, 0.5) is 4.39 Å². The Morgan fingerprint density at radius 2 is 2.26 bits per heavy atom. The van der Waals surface area contributed by atoms with E-state index in [0.717, 1.165) is 19.4 Å². The number of hydrogen-bond donors (Lipinski definition) is 1. The van der Waals surface area contributed by atoms with E-state index in [9.17, 15) is 14.3 Å². The molecule has 0 amide bonds. The molecule has 1 saturated carbocycles. The van der Waals surface area contributed by atoms with Crippen LogP contribution in [0, 0.1) is 11.7 Å². The average Bonchev–Trinajstić information content (AvgIpc) is 3.12. The number of benzene rings is 1. The van der Waals surface area contributed by atoms with Crippen molar-refractivity contribution in [3.63, 3.8) is 0 Å². The molecule has 0 aliphatic heterocycles. The summed E-state index contributed by atoms with van der Waals surface area (Å²) in [5.74, 6) is -0.800. The van der Waals surface area contributed by atoms with Gasteiger partial charge in [-0.05, 0) is 43.5 Å². The van der Waals surface area contributed by atoms with Gasteiger partial charge in [0, 0.05) is 6.54 Å². The van der Waals surface area contributed by atoms with E-state index in [1.807, 2.05) is 0 Å². The van der Waals surface area contributed by atoms with E-state index in [1.165, 1.54) is 19.2 Å². The summed E-state index contributed by atoms with van der Waals surface area (Å²) >= 11 is 0. The molecule has 1 aromatic rings. The molecule has 2 rings (SSSR count). The van der Waals surface area contributed by atoms with Gasteiger partial charge in [0.05, 0.1) is 7.11 Å². The highest BCUT2D eigenvalue weighted by molar-refractivity contribution is 5.75. The number of carboxylic acids is 1. The summed E-state index contributed by atoms with van der Waals surface area (Å²) in [6, 6.07) is 3.48. The minimum Gasteiger partial charge on any atom is -0.494 e. The van der Waals surface area contributed by atoms with Gasteiger partial charge in [-0.25, -0.2) is 4.39 Å². The van der Waals surface area contributed by atoms with Crippen LogP contribution >= 0.6 is 0 Å². The van der Waals surface area contributed by atoms with Crippen molar-refractivity contribution in [2.45, 2.75) is 18.9 Å². The fourth-order valence-electron chi connectivity index (χ4n) is 2.25. The molecule has 1 atom stereocenters. The summed E-state index contributed by atoms with van der Waals surface area (Å²) < 4.78 is 18.5. The molecular formula is C14H18FNO3. The molecule has 0 bridgehead atoms. The standard InChI is InChI=1S/C14H18FNO3/c1-16(8-9-3-4-9)13(14(17)18)10-5-6-12(19-2)11(15)7-10/h5-7,9,13H,3-4,8H2,1-2H3,(H,17,18). The summed E-state index contributed by atoms with van der Waals surface area (Å²) in [5.41, 5.74) is 0.439. The van der Waals surface area contributed by atoms with Crippen LogP contribution < -0.4 is 4.74 Å². The Morgan fingerprint density at radius 1 is 1.58 bits per heavy atom. The van der Waals surface area contributed by atoms with E-state index in [-0.39, 0.29) is 5.75 Å². The van der Waals surface area contributed by atoms with E-state index in [1.54, 1.807) is 18.0 Å². The summed E-state index contributed by atoms with van der Waals surface area (Å²) in [4.78, 5) is 13.2. The maximum atomic E-state index is 13.7. The Morgan fingerprint density at radius 3 is 2.74 bits per heavy atom. The van der Waals surface area contributed by atoms with Crippen LogP contribution in [0.2, 0.25) is 0 Å². The third kappa shape index (κ3) is 3.23. The van der Waals surface area contributed by atoms with Crippen LogP contribution in [0.1, 0.15) is 24.4 Å². The van der Waals surface area contributed by atoms with Gasteiger partial charge in [-0.15, -0.1) is 0 Å². The first-order valence-electron chi connectivity index (χ1n) is 6.29. The van der Waals surface area contributed by atoms with Crippen molar-refractivity contribution in [3.8, 4) is 5.75 Å². The van der Waals surface area contributed by atoms with Gasteiger partial charge >= 0.3 is 5.97 Å². The molecular weight excluding hydrogens is 249 g/mol. The largest absolute Gasteiger partial charge is 0.494 e. The number of methoxy groups -OCH3 is 1. The van der Waals surface area contributed by atoms with Crippen molar-refractivity contribution in [1.82, 2.24) is 4.90 Å². The SMILES string of the molecule is COc1ccc(C(C(=O)O)N(C)CC2CC2)cc1F. The molecule has 1 unspecified atom stereocenters. The molecule has 5 heteroatoms. The Kier molecular flexibility index (Phi) is 4.04. The van der Waals surface area contributed by atoms with Gasteiger partial charge in [0.25, 0.3) is 0 Å². The zero-order chi connectivity index (χ0) is 14.0. The predicted octanol–water partition coefficient (Wildman–Crippen LogP) is 2.30. The van der Waals surface area contributed by atoms with Crippen LogP contribution in [0.5, 0.6) is 5.75 Å². The molecule has 104 valence electrons. The number of hydrogen-bond acceptors (Lipinski definition) is 3. The third-order valence-corrected chi connectivity index (χ3v) is 3.41. The summed E-state index contributed by atoms with van der Waals surface area (Å²) in [6.07, 6.45) is 2.29. The van der Waals surface area contributed by atoms with E-state index in [2.05, 4.69) is 0 Å². The van der Waals surface area contributed by atoms with Crippen LogP contribution in [-0.4, -0.2) is 36.7 Å². The normalized spacial score (nSPS) is 16.4. The quantitative estimate of drug-likeness (QED) is 0.859. The summed E-state index contributed by atoms with van der Waals surface area (Å²) in [7, 11) is 3.14. The van der Waals surface area contributed by atoms with Crippen LogP contribution in [0.25, 0.3) is 0 Å². The van der Waals surface area contributed by atoms with E-state index in [0.29, 0.717) is 11.5 Å². The maximum Gasteiger partial charge on any atom is 0.325 e. The molecule has 1 aliphatic carbocycles. The van der Waals surface area contributed by atoms with Gasteiger partial charge in [0.15, 0.2) is 11.6 Å². The summed E-state index contributed by atoms with van der Waals surface area (Å²) in [5, 5.41) is 9.35. The van der Waals surface area contributed by atoms with Crippen molar-refractivity contribution in [2.75, 3.05) is 20.7 Å². The molecule has 1 aromatic carbocycles. The van der Waals surface area contributed by atoms with Crippen LogP contribution in [0.3, 0.4) is 0 Å². The minimum atomic E-state index is -0.965. The van der Waals surface area contributed by atoms with Gasteiger partial charge < -0.3 is 9.84 Å². The first kappa shape index (κ1) is 13.8. The predicted molar refractivity (Wildman–Crippen MR) is 68.7 cm³/mol. The highest BCUT2D eigenvalue weighted by atomic mass is 19.1. The molecule has 0 aromatic heterocycles. The molecule has 4 nitrogen and oxygen atoms in total. The first-order chi connectivity index (χ1) is 9.02. The van der Waals surface area contributed by atoms with Crippen LogP contribution in [-0.2, 0) is 4.79 Å². The molecule has 0 radical (unpaired) electrons. The average molecular weight is 267 g/mol. The maximum absolute atomic E-state index is 13.7. The fraction of sp³-hybridized carbons (Fsp3) is 0.500. The lowest BCUT2D eigenvalue weighted by molar-refractivity contribution is -0.143. The second kappa shape index (κ2) is 5.57. The lowest BCUT2D eigenvalue weighted by Gasteiger charge is -2.25. The number of nitrogens with zero attached hydrogens (tertiary/aromatic N) is 1. The van der Waals surface area contributed by atoms with Crippen LogP contribution in [0.15, 0.2) is 18.2 Å². The Balaban J connectivity index is 2.22. The second-order valence-corrected chi connectivity index (χ2v) is 5.02. The Hall–Kier alpha value is -1.62. The van der Waals surface area contributed by atoms with Gasteiger partial charge in [0.1, 0.15) is 6.04 Å². The van der Waals surface area contributed by atoms with Gasteiger partial charge in [0.2, 0.25) is 0 Å². The Bertz CT molecular complexity index is 474. The van der Waals surface area contributed by atoms with Crippen molar-refractivity contribution in [2.24, 2.45) is 5.92 Å². The number of carbonyl (C=O) groups is 1. The molecule has 1 fully saturated rings. The number of rotatable bonds is 6. The topological polar surface area (TPSA) is 49.8 Å². The van der Waals surface area contributed by atoms with Gasteiger partial charge in [-0.2, -0.15) is 0 Å². The third-order valence-electron chi connectivity index (χ3n) is 3.41. The zero-order valence-corrected chi connectivity index (χ0v) is 11.1. The highest BCUT2D eigenvalue weighted by Crippen LogP contribution is 2.33. The van der Waals surface area contributed by atoms with Crippen molar-refractivity contribution >= 4 is 5.97 Å².